The van der Waals surface area contributed by atoms with E-state index in [4.69, 9.17) is 11.6 Å². The summed E-state index contributed by atoms with van der Waals surface area (Å²) in [7, 11) is -1.32. The lowest BCUT2D eigenvalue weighted by molar-refractivity contribution is 1.34. The second kappa shape index (κ2) is 3.97. The van der Waals surface area contributed by atoms with E-state index in [1.54, 1.807) is 0 Å². The maximum absolute atomic E-state index is 5.79. The van der Waals surface area contributed by atoms with Crippen LogP contribution in [-0.4, -0.2) is 18.0 Å². The summed E-state index contributed by atoms with van der Waals surface area (Å²) < 4.78 is 0. The van der Waals surface area contributed by atoms with Gasteiger partial charge in [-0.05, 0) is 29.8 Å². The Morgan fingerprint density at radius 1 is 1.31 bits per heavy atom. The second-order valence-corrected chi connectivity index (χ2v) is 9.87. The first kappa shape index (κ1) is 11.2. The second-order valence-electron chi connectivity index (χ2n) is 4.76. The van der Waals surface area contributed by atoms with Crippen LogP contribution < -0.4 is 0 Å². The molecule has 1 heterocycles. The Hall–Kier alpha value is -1.24. The molecule has 0 bridgehead atoms. The first-order chi connectivity index (χ1) is 7.44. The Morgan fingerprint density at radius 3 is 2.75 bits per heavy atom. The zero-order valence-electron chi connectivity index (χ0n) is 9.56. The summed E-state index contributed by atoms with van der Waals surface area (Å²) in [6, 6.07) is 5.91. The molecule has 0 aliphatic rings. The average Bonchev–Trinajstić information content (AvgIpc) is 2.52. The lowest BCUT2D eigenvalue weighted by Gasteiger charge is -2.03. The molecule has 4 heteroatoms. The summed E-state index contributed by atoms with van der Waals surface area (Å²) in [6.45, 7) is 6.68. The monoisotopic (exact) mass is 248 g/mol. The van der Waals surface area contributed by atoms with Crippen LogP contribution in [0.5, 0.6) is 0 Å². The fourth-order valence-electron chi connectivity index (χ4n) is 1.31. The SMILES string of the molecule is C[Si](C)(C)C#Cc1ccc2[nH]c(Cl)nc2c1. The van der Waals surface area contributed by atoms with Crippen molar-refractivity contribution in [1.29, 1.82) is 0 Å². The van der Waals surface area contributed by atoms with Gasteiger partial charge in [-0.2, -0.15) is 0 Å². The molecule has 0 radical (unpaired) electrons. The molecular formula is C12H13ClN2Si. The van der Waals surface area contributed by atoms with Crippen molar-refractivity contribution < 1.29 is 0 Å². The van der Waals surface area contributed by atoms with E-state index in [0.29, 0.717) is 5.28 Å². The number of nitrogens with one attached hydrogen (secondary N) is 1. The van der Waals surface area contributed by atoms with Gasteiger partial charge in [0.1, 0.15) is 8.07 Å². The Balaban J connectivity index is 2.42. The van der Waals surface area contributed by atoms with Crippen molar-refractivity contribution in [1.82, 2.24) is 9.97 Å². The van der Waals surface area contributed by atoms with E-state index in [9.17, 15) is 0 Å². The molecule has 0 aliphatic carbocycles. The highest BCUT2D eigenvalue weighted by molar-refractivity contribution is 6.83. The first-order valence-electron chi connectivity index (χ1n) is 5.12. The van der Waals surface area contributed by atoms with E-state index in [2.05, 4.69) is 41.1 Å². The van der Waals surface area contributed by atoms with Gasteiger partial charge in [0, 0.05) is 5.56 Å². The van der Waals surface area contributed by atoms with Crippen molar-refractivity contribution in [3.05, 3.63) is 29.0 Å². The molecule has 0 aliphatic heterocycles. The van der Waals surface area contributed by atoms with E-state index >= 15 is 0 Å². The van der Waals surface area contributed by atoms with E-state index < -0.39 is 8.07 Å². The molecule has 0 atom stereocenters. The lowest BCUT2D eigenvalue weighted by Crippen LogP contribution is -2.16. The van der Waals surface area contributed by atoms with Crippen molar-refractivity contribution in [2.75, 3.05) is 0 Å². The number of aromatic amines is 1. The topological polar surface area (TPSA) is 28.7 Å². The lowest BCUT2D eigenvalue weighted by atomic mass is 10.2. The first-order valence-corrected chi connectivity index (χ1v) is 9.00. The third-order valence-electron chi connectivity index (χ3n) is 2.04. The van der Waals surface area contributed by atoms with Crippen molar-refractivity contribution in [3.8, 4) is 11.5 Å². The normalized spacial score (nSPS) is 11.2. The van der Waals surface area contributed by atoms with Gasteiger partial charge < -0.3 is 4.98 Å². The molecule has 2 rings (SSSR count). The minimum absolute atomic E-state index is 0.422. The van der Waals surface area contributed by atoms with Gasteiger partial charge in [0.25, 0.3) is 0 Å². The number of imidazole rings is 1. The molecule has 0 unspecified atom stereocenters. The molecule has 0 fully saturated rings. The Morgan fingerprint density at radius 2 is 2.06 bits per heavy atom. The predicted molar refractivity (Wildman–Crippen MR) is 71.3 cm³/mol. The summed E-state index contributed by atoms with van der Waals surface area (Å²) in [5.74, 6) is 3.20. The Labute approximate surface area is 101 Å². The number of benzene rings is 1. The van der Waals surface area contributed by atoms with Crippen molar-refractivity contribution in [2.45, 2.75) is 19.6 Å². The van der Waals surface area contributed by atoms with Gasteiger partial charge in [0.2, 0.25) is 5.28 Å². The Bertz CT molecular complexity index is 584. The maximum Gasteiger partial charge on any atom is 0.201 e. The maximum atomic E-state index is 5.79. The van der Waals surface area contributed by atoms with Crippen LogP contribution in [0.3, 0.4) is 0 Å². The highest BCUT2D eigenvalue weighted by Crippen LogP contribution is 2.15. The van der Waals surface area contributed by atoms with Gasteiger partial charge in [0.05, 0.1) is 11.0 Å². The predicted octanol–water partition coefficient (Wildman–Crippen LogP) is 3.45. The molecule has 0 saturated heterocycles. The third kappa shape index (κ3) is 2.66. The van der Waals surface area contributed by atoms with Crippen LogP contribution in [0.15, 0.2) is 18.2 Å². The average molecular weight is 249 g/mol. The van der Waals surface area contributed by atoms with E-state index in [1.165, 1.54) is 0 Å². The smallest absolute Gasteiger partial charge is 0.201 e. The molecule has 1 N–H and O–H groups in total. The third-order valence-corrected chi connectivity index (χ3v) is 3.09. The van der Waals surface area contributed by atoms with Crippen LogP contribution in [0.1, 0.15) is 5.56 Å². The highest BCUT2D eigenvalue weighted by Gasteiger charge is 2.07. The van der Waals surface area contributed by atoms with Crippen molar-refractivity contribution >= 4 is 30.7 Å². The molecule has 0 saturated carbocycles. The van der Waals surface area contributed by atoms with Crippen LogP contribution in [0, 0.1) is 11.5 Å². The molecule has 2 nitrogen and oxygen atoms in total. The summed E-state index contributed by atoms with van der Waals surface area (Å²) in [6.07, 6.45) is 0. The van der Waals surface area contributed by atoms with Crippen molar-refractivity contribution in [3.63, 3.8) is 0 Å². The molecule has 0 amide bonds. The van der Waals surface area contributed by atoms with E-state index in [1.807, 2.05) is 18.2 Å². The number of fused-ring (bicyclic) bond motifs is 1. The van der Waals surface area contributed by atoms with Crippen LogP contribution in [0.2, 0.25) is 24.9 Å². The van der Waals surface area contributed by atoms with Gasteiger partial charge in [-0.25, -0.2) is 4.98 Å². The summed E-state index contributed by atoms with van der Waals surface area (Å²) >= 11 is 5.79. The zero-order valence-corrected chi connectivity index (χ0v) is 11.3. The number of hydrogen-bond donors (Lipinski definition) is 1. The van der Waals surface area contributed by atoms with Gasteiger partial charge >= 0.3 is 0 Å². The number of aromatic nitrogens is 2. The Kier molecular flexibility index (Phi) is 2.79. The minimum Gasteiger partial charge on any atom is -0.329 e. The van der Waals surface area contributed by atoms with Crippen LogP contribution in [0.25, 0.3) is 11.0 Å². The molecule has 82 valence electrons. The molecule has 16 heavy (non-hydrogen) atoms. The number of H-pyrrole nitrogens is 1. The van der Waals surface area contributed by atoms with Gasteiger partial charge in [-0.15, -0.1) is 5.54 Å². The fraction of sp³-hybridized carbons (Fsp3) is 0.250. The van der Waals surface area contributed by atoms with Crippen LogP contribution in [-0.2, 0) is 0 Å². The molecule has 0 spiro atoms. The van der Waals surface area contributed by atoms with E-state index in [-0.39, 0.29) is 0 Å². The molecule has 1 aromatic carbocycles. The molecule has 1 aromatic heterocycles. The summed E-state index contributed by atoms with van der Waals surface area (Å²) in [5, 5.41) is 0.422. The summed E-state index contributed by atoms with van der Waals surface area (Å²) in [5.41, 5.74) is 6.14. The largest absolute Gasteiger partial charge is 0.329 e. The van der Waals surface area contributed by atoms with Crippen molar-refractivity contribution in [2.24, 2.45) is 0 Å². The van der Waals surface area contributed by atoms with E-state index in [0.717, 1.165) is 16.6 Å². The molecule has 2 aromatic rings. The quantitative estimate of drug-likeness (QED) is 0.562. The summed E-state index contributed by atoms with van der Waals surface area (Å²) in [4.78, 5) is 7.14. The number of halogens is 1. The minimum atomic E-state index is -1.32. The van der Waals surface area contributed by atoms with Crippen LogP contribution >= 0.6 is 11.6 Å². The van der Waals surface area contributed by atoms with Crippen LogP contribution in [0.4, 0.5) is 0 Å². The highest BCUT2D eigenvalue weighted by atomic mass is 35.5. The number of hydrogen-bond acceptors (Lipinski definition) is 1. The zero-order chi connectivity index (χ0) is 11.8. The van der Waals surface area contributed by atoms with Gasteiger partial charge in [0.15, 0.2) is 0 Å². The molecular weight excluding hydrogens is 236 g/mol. The standard InChI is InChI=1S/C12H13ClN2Si/c1-16(2,3)7-6-9-4-5-10-11(8-9)15-12(13)14-10/h4-5,8H,1-3H3,(H,14,15). The van der Waals surface area contributed by atoms with Gasteiger partial charge in [-0.3, -0.25) is 0 Å². The number of nitrogens with zero attached hydrogens (tertiary/aromatic N) is 1. The number of rotatable bonds is 0. The fourth-order valence-corrected chi connectivity index (χ4v) is 2.02. The van der Waals surface area contributed by atoms with Gasteiger partial charge in [-0.1, -0.05) is 25.6 Å².